The fourth-order valence-electron chi connectivity index (χ4n) is 3.60. The second kappa shape index (κ2) is 10.1. The van der Waals surface area contributed by atoms with Crippen molar-refractivity contribution in [2.45, 2.75) is 38.0 Å². The smallest absolute Gasteiger partial charge is 0.242 e. The quantitative estimate of drug-likeness (QED) is 0.304. The van der Waals surface area contributed by atoms with Crippen molar-refractivity contribution in [1.29, 1.82) is 0 Å². The third-order valence-electron chi connectivity index (χ3n) is 5.27. The van der Waals surface area contributed by atoms with E-state index >= 15 is 0 Å². The summed E-state index contributed by atoms with van der Waals surface area (Å²) in [5.41, 5.74) is 2.02. The predicted molar refractivity (Wildman–Crippen MR) is 132 cm³/mol. The van der Waals surface area contributed by atoms with Gasteiger partial charge < -0.3 is 0 Å². The molecule has 1 unspecified atom stereocenters. The number of unbranched alkanes of at least 4 members (excludes halogenated alkanes) is 1. The Morgan fingerprint density at radius 2 is 1.84 bits per heavy atom. The summed E-state index contributed by atoms with van der Waals surface area (Å²) in [4.78, 5) is 15.0. The fraction of sp³-hybridized carbons (Fsp3) is 0.240. The summed E-state index contributed by atoms with van der Waals surface area (Å²) < 4.78 is 0. The summed E-state index contributed by atoms with van der Waals surface area (Å²) in [6.07, 6.45) is 4.62. The molecule has 1 amide bonds. The van der Waals surface area contributed by atoms with Gasteiger partial charge in [0.15, 0.2) is 5.17 Å². The van der Waals surface area contributed by atoms with Crippen LogP contribution in [-0.4, -0.2) is 27.4 Å². The Kier molecular flexibility index (Phi) is 7.05. The SMILES string of the molecule is CCCCC1SC(=NN=Cc2ccc(Cl)cc2)N(Cc2cccc3ccccc23)C1=O. The Bertz CT molecular complexity index is 1120. The Labute approximate surface area is 192 Å². The number of carbonyl (C=O) groups is 1. The van der Waals surface area contributed by atoms with Gasteiger partial charge in [-0.25, -0.2) is 0 Å². The second-order valence-electron chi connectivity index (χ2n) is 7.49. The van der Waals surface area contributed by atoms with Gasteiger partial charge in [-0.3, -0.25) is 9.69 Å². The van der Waals surface area contributed by atoms with Gasteiger partial charge in [0.25, 0.3) is 0 Å². The molecule has 1 heterocycles. The molecule has 1 aliphatic heterocycles. The lowest BCUT2D eigenvalue weighted by Gasteiger charge is -2.17. The van der Waals surface area contributed by atoms with E-state index in [1.54, 1.807) is 11.1 Å². The zero-order valence-electron chi connectivity index (χ0n) is 17.4. The number of nitrogens with zero attached hydrogens (tertiary/aromatic N) is 3. The lowest BCUT2D eigenvalue weighted by Crippen LogP contribution is -2.31. The molecular formula is C25H24ClN3OS. The summed E-state index contributed by atoms with van der Waals surface area (Å²) in [7, 11) is 0. The number of hydrogen-bond donors (Lipinski definition) is 0. The summed E-state index contributed by atoms with van der Waals surface area (Å²) in [6, 6.07) is 21.9. The van der Waals surface area contributed by atoms with Crippen molar-refractivity contribution in [3.8, 4) is 0 Å². The minimum absolute atomic E-state index is 0.0978. The van der Waals surface area contributed by atoms with Gasteiger partial charge in [0, 0.05) is 5.02 Å². The highest BCUT2D eigenvalue weighted by Gasteiger charge is 2.37. The minimum Gasteiger partial charge on any atom is -0.284 e. The number of hydrogen-bond acceptors (Lipinski definition) is 4. The van der Waals surface area contributed by atoms with E-state index in [2.05, 4.69) is 41.4 Å². The van der Waals surface area contributed by atoms with E-state index in [0.29, 0.717) is 16.7 Å². The van der Waals surface area contributed by atoms with E-state index in [0.717, 1.165) is 35.8 Å². The molecule has 0 saturated carbocycles. The van der Waals surface area contributed by atoms with E-state index in [1.807, 2.05) is 42.5 Å². The first-order valence-corrected chi connectivity index (χ1v) is 11.7. The highest BCUT2D eigenvalue weighted by atomic mass is 35.5. The molecule has 0 radical (unpaired) electrons. The Morgan fingerprint density at radius 3 is 2.65 bits per heavy atom. The summed E-state index contributed by atoms with van der Waals surface area (Å²) in [5.74, 6) is 0.117. The maximum absolute atomic E-state index is 13.2. The number of halogens is 1. The van der Waals surface area contributed by atoms with Crippen LogP contribution in [0.1, 0.15) is 37.3 Å². The van der Waals surface area contributed by atoms with Gasteiger partial charge in [-0.1, -0.05) is 97.7 Å². The number of rotatable bonds is 7. The van der Waals surface area contributed by atoms with E-state index in [9.17, 15) is 4.79 Å². The zero-order valence-corrected chi connectivity index (χ0v) is 18.9. The van der Waals surface area contributed by atoms with Crippen LogP contribution in [0.5, 0.6) is 0 Å². The van der Waals surface area contributed by atoms with Crippen molar-refractivity contribution < 1.29 is 4.79 Å². The molecule has 0 aromatic heterocycles. The first-order valence-electron chi connectivity index (χ1n) is 10.5. The highest BCUT2D eigenvalue weighted by molar-refractivity contribution is 8.15. The molecule has 0 N–H and O–H groups in total. The third kappa shape index (κ3) is 5.17. The molecule has 0 spiro atoms. The zero-order chi connectivity index (χ0) is 21.6. The van der Waals surface area contributed by atoms with Crippen LogP contribution in [0.25, 0.3) is 10.8 Å². The molecule has 158 valence electrons. The van der Waals surface area contributed by atoms with E-state index < -0.39 is 0 Å². The molecule has 0 aliphatic carbocycles. The van der Waals surface area contributed by atoms with Crippen molar-refractivity contribution >= 4 is 51.4 Å². The van der Waals surface area contributed by atoms with Crippen molar-refractivity contribution in [3.05, 3.63) is 82.9 Å². The van der Waals surface area contributed by atoms with Gasteiger partial charge in [0.05, 0.1) is 18.0 Å². The minimum atomic E-state index is -0.0978. The third-order valence-corrected chi connectivity index (χ3v) is 6.76. The van der Waals surface area contributed by atoms with Crippen LogP contribution >= 0.6 is 23.4 Å². The maximum Gasteiger partial charge on any atom is 0.242 e. The maximum atomic E-state index is 13.2. The molecule has 31 heavy (non-hydrogen) atoms. The predicted octanol–water partition coefficient (Wildman–Crippen LogP) is 6.52. The number of amidine groups is 1. The summed E-state index contributed by atoms with van der Waals surface area (Å²) in [5, 5.41) is 12.3. The van der Waals surface area contributed by atoms with Crippen LogP contribution in [0.4, 0.5) is 0 Å². The van der Waals surface area contributed by atoms with Crippen LogP contribution in [0.15, 0.2) is 76.9 Å². The van der Waals surface area contributed by atoms with Crippen LogP contribution < -0.4 is 0 Å². The molecule has 4 rings (SSSR count). The monoisotopic (exact) mass is 449 g/mol. The van der Waals surface area contributed by atoms with Crippen LogP contribution in [-0.2, 0) is 11.3 Å². The molecular weight excluding hydrogens is 426 g/mol. The molecule has 1 saturated heterocycles. The topological polar surface area (TPSA) is 45.0 Å². The number of benzene rings is 3. The molecule has 1 fully saturated rings. The van der Waals surface area contributed by atoms with Gasteiger partial charge in [0.1, 0.15) is 0 Å². The van der Waals surface area contributed by atoms with Gasteiger partial charge in [-0.05, 0) is 40.5 Å². The van der Waals surface area contributed by atoms with Crippen LogP contribution in [0.2, 0.25) is 5.02 Å². The first-order chi connectivity index (χ1) is 15.2. The van der Waals surface area contributed by atoms with E-state index in [4.69, 9.17) is 11.6 Å². The van der Waals surface area contributed by atoms with Gasteiger partial charge in [-0.15, -0.1) is 5.10 Å². The van der Waals surface area contributed by atoms with Gasteiger partial charge in [-0.2, -0.15) is 5.10 Å². The van der Waals surface area contributed by atoms with Crippen LogP contribution in [0, 0.1) is 0 Å². The van der Waals surface area contributed by atoms with Gasteiger partial charge in [0.2, 0.25) is 5.91 Å². The molecule has 0 bridgehead atoms. The van der Waals surface area contributed by atoms with Crippen molar-refractivity contribution in [2.24, 2.45) is 10.2 Å². The van der Waals surface area contributed by atoms with Crippen molar-refractivity contribution in [3.63, 3.8) is 0 Å². The van der Waals surface area contributed by atoms with E-state index in [1.165, 1.54) is 17.1 Å². The summed E-state index contributed by atoms with van der Waals surface area (Å²) in [6.45, 7) is 2.63. The second-order valence-corrected chi connectivity index (χ2v) is 9.10. The number of thioether (sulfide) groups is 1. The molecule has 3 aromatic rings. The lowest BCUT2D eigenvalue weighted by atomic mass is 10.0. The number of fused-ring (bicyclic) bond motifs is 1. The normalized spacial score (nSPS) is 18.0. The van der Waals surface area contributed by atoms with Crippen LogP contribution in [0.3, 0.4) is 0 Å². The Hall–Kier alpha value is -2.63. The van der Waals surface area contributed by atoms with E-state index in [-0.39, 0.29) is 11.2 Å². The number of carbonyl (C=O) groups excluding carboxylic acids is 1. The molecule has 6 heteroatoms. The largest absolute Gasteiger partial charge is 0.284 e. The number of amides is 1. The Balaban J connectivity index is 1.61. The van der Waals surface area contributed by atoms with Crippen molar-refractivity contribution in [2.75, 3.05) is 0 Å². The highest BCUT2D eigenvalue weighted by Crippen LogP contribution is 2.33. The van der Waals surface area contributed by atoms with Gasteiger partial charge >= 0.3 is 0 Å². The molecule has 3 aromatic carbocycles. The molecule has 1 atom stereocenters. The molecule has 1 aliphatic rings. The standard InChI is InChI=1S/C25H24ClN3OS/c1-2-3-11-23-24(30)29(17-20-9-6-8-19-7-4-5-10-22(19)20)25(31-23)28-27-16-18-12-14-21(26)15-13-18/h4-10,12-16,23H,2-3,11,17H2,1H3. The lowest BCUT2D eigenvalue weighted by molar-refractivity contribution is -0.126. The van der Waals surface area contributed by atoms with Crippen molar-refractivity contribution in [1.82, 2.24) is 4.90 Å². The molecule has 4 nitrogen and oxygen atoms in total. The summed E-state index contributed by atoms with van der Waals surface area (Å²) >= 11 is 7.46. The Morgan fingerprint density at radius 1 is 1.06 bits per heavy atom. The average Bonchev–Trinajstić information content (AvgIpc) is 3.08. The average molecular weight is 450 g/mol. The first kappa shape index (κ1) is 21.6. The fourth-order valence-corrected chi connectivity index (χ4v) is 4.87.